The SMILES string of the molecule is CSCc1cncc(O)c1. The molecule has 0 aliphatic rings. The van der Waals surface area contributed by atoms with Crippen LogP contribution in [0.5, 0.6) is 5.75 Å². The molecule has 0 aliphatic carbocycles. The van der Waals surface area contributed by atoms with E-state index in [1.165, 1.54) is 6.20 Å². The third kappa shape index (κ3) is 1.92. The Hall–Kier alpha value is -0.700. The van der Waals surface area contributed by atoms with Gasteiger partial charge in [0.2, 0.25) is 0 Å². The van der Waals surface area contributed by atoms with Crippen molar-refractivity contribution in [2.75, 3.05) is 6.26 Å². The molecule has 54 valence electrons. The third-order valence-corrected chi connectivity index (χ3v) is 1.71. The van der Waals surface area contributed by atoms with Crippen LogP contribution in [0, 0.1) is 0 Å². The lowest BCUT2D eigenvalue weighted by Crippen LogP contribution is -1.80. The molecule has 3 heteroatoms. The van der Waals surface area contributed by atoms with Gasteiger partial charge in [-0.15, -0.1) is 0 Å². The van der Waals surface area contributed by atoms with Crippen molar-refractivity contribution in [3.63, 3.8) is 0 Å². The number of pyridine rings is 1. The van der Waals surface area contributed by atoms with Crippen molar-refractivity contribution in [2.24, 2.45) is 0 Å². The lowest BCUT2D eigenvalue weighted by atomic mass is 10.3. The van der Waals surface area contributed by atoms with Crippen molar-refractivity contribution in [3.8, 4) is 5.75 Å². The predicted octanol–water partition coefficient (Wildman–Crippen LogP) is 1.65. The van der Waals surface area contributed by atoms with Crippen LogP contribution in [0.15, 0.2) is 18.5 Å². The summed E-state index contributed by atoms with van der Waals surface area (Å²) in [5.41, 5.74) is 1.06. The van der Waals surface area contributed by atoms with E-state index in [4.69, 9.17) is 5.11 Å². The summed E-state index contributed by atoms with van der Waals surface area (Å²) in [6.07, 6.45) is 5.21. The standard InChI is InChI=1S/C7H9NOS/c1-10-5-6-2-7(9)4-8-3-6/h2-4,9H,5H2,1H3. The molecule has 0 radical (unpaired) electrons. The lowest BCUT2D eigenvalue weighted by Gasteiger charge is -1.96. The molecule has 1 N–H and O–H groups in total. The summed E-state index contributed by atoms with van der Waals surface area (Å²) in [6.45, 7) is 0. The van der Waals surface area contributed by atoms with E-state index in [1.54, 1.807) is 24.0 Å². The van der Waals surface area contributed by atoms with Crippen molar-refractivity contribution in [3.05, 3.63) is 24.0 Å². The maximum atomic E-state index is 8.97. The van der Waals surface area contributed by atoms with Crippen molar-refractivity contribution in [2.45, 2.75) is 5.75 Å². The van der Waals surface area contributed by atoms with E-state index in [2.05, 4.69) is 4.98 Å². The largest absolute Gasteiger partial charge is 0.506 e. The van der Waals surface area contributed by atoms with Gasteiger partial charge in [-0.2, -0.15) is 11.8 Å². The van der Waals surface area contributed by atoms with E-state index in [-0.39, 0.29) is 5.75 Å². The number of thioether (sulfide) groups is 1. The van der Waals surface area contributed by atoms with Gasteiger partial charge in [-0.3, -0.25) is 4.98 Å². The molecule has 0 saturated heterocycles. The minimum atomic E-state index is 0.242. The van der Waals surface area contributed by atoms with Gasteiger partial charge in [-0.1, -0.05) is 0 Å². The van der Waals surface area contributed by atoms with E-state index < -0.39 is 0 Å². The van der Waals surface area contributed by atoms with Crippen molar-refractivity contribution < 1.29 is 5.11 Å². The number of hydrogen-bond donors (Lipinski definition) is 1. The predicted molar refractivity (Wildman–Crippen MR) is 43.1 cm³/mol. The molecule has 0 unspecified atom stereocenters. The molecule has 0 bridgehead atoms. The summed E-state index contributed by atoms with van der Waals surface area (Å²) in [6, 6.07) is 1.73. The van der Waals surface area contributed by atoms with E-state index in [1.807, 2.05) is 6.26 Å². The first-order valence-corrected chi connectivity index (χ1v) is 4.34. The summed E-state index contributed by atoms with van der Waals surface area (Å²) in [7, 11) is 0. The Morgan fingerprint density at radius 2 is 2.40 bits per heavy atom. The van der Waals surface area contributed by atoms with E-state index in [9.17, 15) is 0 Å². The molecule has 10 heavy (non-hydrogen) atoms. The van der Waals surface area contributed by atoms with Crippen LogP contribution in [-0.4, -0.2) is 16.3 Å². The second-order valence-corrected chi connectivity index (χ2v) is 2.85. The molecule has 0 atom stereocenters. The van der Waals surface area contributed by atoms with Crippen LogP contribution in [0.25, 0.3) is 0 Å². The summed E-state index contributed by atoms with van der Waals surface area (Å²) in [5.74, 6) is 1.15. The average molecular weight is 155 g/mol. The van der Waals surface area contributed by atoms with Gasteiger partial charge in [0, 0.05) is 11.9 Å². The monoisotopic (exact) mass is 155 g/mol. The number of aromatic nitrogens is 1. The van der Waals surface area contributed by atoms with Crippen LogP contribution in [0.1, 0.15) is 5.56 Å². The van der Waals surface area contributed by atoms with Gasteiger partial charge in [0.1, 0.15) is 5.75 Å². The minimum Gasteiger partial charge on any atom is -0.506 e. The highest BCUT2D eigenvalue weighted by Gasteiger charge is 1.92. The van der Waals surface area contributed by atoms with Crippen LogP contribution in [0.4, 0.5) is 0 Å². The smallest absolute Gasteiger partial charge is 0.134 e. The molecule has 2 nitrogen and oxygen atoms in total. The number of hydrogen-bond acceptors (Lipinski definition) is 3. The highest BCUT2D eigenvalue weighted by Crippen LogP contribution is 2.12. The first-order valence-electron chi connectivity index (χ1n) is 2.95. The fourth-order valence-electron chi connectivity index (χ4n) is 0.719. The normalized spacial score (nSPS) is 9.70. The molecule has 1 rings (SSSR count). The highest BCUT2D eigenvalue weighted by atomic mass is 32.2. The molecule has 0 aromatic carbocycles. The molecule has 0 aliphatic heterocycles. The van der Waals surface area contributed by atoms with E-state index >= 15 is 0 Å². The maximum absolute atomic E-state index is 8.97. The zero-order chi connectivity index (χ0) is 7.40. The average Bonchev–Trinajstić information content (AvgIpc) is 1.88. The summed E-state index contributed by atoms with van der Waals surface area (Å²) in [4.78, 5) is 3.84. The lowest BCUT2D eigenvalue weighted by molar-refractivity contribution is 0.472. The van der Waals surface area contributed by atoms with Crippen molar-refractivity contribution in [1.29, 1.82) is 0 Å². The molecular formula is C7H9NOS. The Labute approximate surface area is 64.3 Å². The molecular weight excluding hydrogens is 146 g/mol. The molecule has 1 aromatic heterocycles. The third-order valence-electron chi connectivity index (χ3n) is 1.09. The fraction of sp³-hybridized carbons (Fsp3) is 0.286. The second-order valence-electron chi connectivity index (χ2n) is 1.98. The highest BCUT2D eigenvalue weighted by molar-refractivity contribution is 7.97. The minimum absolute atomic E-state index is 0.242. The van der Waals surface area contributed by atoms with Crippen LogP contribution in [0.3, 0.4) is 0 Å². The zero-order valence-electron chi connectivity index (χ0n) is 5.74. The quantitative estimate of drug-likeness (QED) is 0.705. The van der Waals surface area contributed by atoms with Crippen molar-refractivity contribution in [1.82, 2.24) is 4.98 Å². The molecule has 1 aromatic rings. The van der Waals surface area contributed by atoms with Gasteiger partial charge in [-0.25, -0.2) is 0 Å². The van der Waals surface area contributed by atoms with Gasteiger partial charge >= 0.3 is 0 Å². The first-order chi connectivity index (χ1) is 4.83. The maximum Gasteiger partial charge on any atom is 0.134 e. The van der Waals surface area contributed by atoms with Gasteiger partial charge in [0.05, 0.1) is 6.20 Å². The number of aromatic hydroxyl groups is 1. The Kier molecular flexibility index (Phi) is 2.57. The van der Waals surface area contributed by atoms with E-state index in [0.717, 1.165) is 11.3 Å². The number of rotatable bonds is 2. The zero-order valence-corrected chi connectivity index (χ0v) is 6.56. The molecule has 1 heterocycles. The Morgan fingerprint density at radius 1 is 1.60 bits per heavy atom. The van der Waals surface area contributed by atoms with Gasteiger partial charge in [0.25, 0.3) is 0 Å². The van der Waals surface area contributed by atoms with Crippen LogP contribution < -0.4 is 0 Å². The molecule has 0 amide bonds. The van der Waals surface area contributed by atoms with Gasteiger partial charge < -0.3 is 5.11 Å². The Morgan fingerprint density at radius 3 is 3.00 bits per heavy atom. The van der Waals surface area contributed by atoms with Gasteiger partial charge in [-0.05, 0) is 17.9 Å². The summed E-state index contributed by atoms with van der Waals surface area (Å²) >= 11 is 1.71. The molecule has 0 fully saturated rings. The van der Waals surface area contributed by atoms with Crippen LogP contribution in [-0.2, 0) is 5.75 Å². The van der Waals surface area contributed by atoms with Gasteiger partial charge in [0.15, 0.2) is 0 Å². The second kappa shape index (κ2) is 3.46. The molecule has 0 spiro atoms. The first kappa shape index (κ1) is 7.41. The van der Waals surface area contributed by atoms with Crippen molar-refractivity contribution >= 4 is 11.8 Å². The van der Waals surface area contributed by atoms with Crippen LogP contribution >= 0.6 is 11.8 Å². The Balaban J connectivity index is 2.75. The van der Waals surface area contributed by atoms with E-state index in [0.29, 0.717) is 0 Å². The number of nitrogens with zero attached hydrogens (tertiary/aromatic N) is 1. The summed E-state index contributed by atoms with van der Waals surface area (Å²) in [5, 5.41) is 8.97. The summed E-state index contributed by atoms with van der Waals surface area (Å²) < 4.78 is 0. The topological polar surface area (TPSA) is 33.1 Å². The van der Waals surface area contributed by atoms with Crippen LogP contribution in [0.2, 0.25) is 0 Å². The Bertz CT molecular complexity index is 215. The fourth-order valence-corrected chi connectivity index (χ4v) is 1.21. The molecule has 0 saturated carbocycles.